The predicted octanol–water partition coefficient (Wildman–Crippen LogP) is 1.07. The van der Waals surface area contributed by atoms with Crippen molar-refractivity contribution in [1.82, 2.24) is 10.2 Å². The van der Waals surface area contributed by atoms with Crippen LogP contribution in [-0.2, 0) is 4.79 Å². The molecule has 2 unspecified atom stereocenters. The van der Waals surface area contributed by atoms with Crippen LogP contribution in [0.2, 0.25) is 0 Å². The van der Waals surface area contributed by atoms with Gasteiger partial charge >= 0.3 is 5.97 Å². The van der Waals surface area contributed by atoms with Crippen LogP contribution in [0.4, 0.5) is 0 Å². The van der Waals surface area contributed by atoms with Crippen molar-refractivity contribution in [3.63, 3.8) is 0 Å². The SMILES string of the molecule is CCCC(NC1CCN(C2CC2)C1)C(=O)O. The van der Waals surface area contributed by atoms with E-state index in [2.05, 4.69) is 10.2 Å². The Balaban J connectivity index is 1.77. The average Bonchev–Trinajstić information content (AvgIpc) is 2.99. The molecule has 1 saturated heterocycles. The van der Waals surface area contributed by atoms with Crippen LogP contribution in [0, 0.1) is 0 Å². The van der Waals surface area contributed by atoms with E-state index in [1.54, 1.807) is 0 Å². The molecule has 0 aromatic carbocycles. The van der Waals surface area contributed by atoms with E-state index < -0.39 is 5.97 Å². The zero-order valence-electron chi connectivity index (χ0n) is 9.98. The monoisotopic (exact) mass is 226 g/mol. The van der Waals surface area contributed by atoms with Gasteiger partial charge in [0, 0.05) is 25.2 Å². The number of hydrogen-bond donors (Lipinski definition) is 2. The molecule has 2 rings (SSSR count). The quantitative estimate of drug-likeness (QED) is 0.711. The van der Waals surface area contributed by atoms with Crippen molar-refractivity contribution in [2.24, 2.45) is 0 Å². The lowest BCUT2D eigenvalue weighted by Crippen LogP contribution is -2.44. The third kappa shape index (κ3) is 2.95. The molecule has 92 valence electrons. The van der Waals surface area contributed by atoms with E-state index in [0.29, 0.717) is 6.04 Å². The van der Waals surface area contributed by atoms with Crippen molar-refractivity contribution >= 4 is 5.97 Å². The Morgan fingerprint density at radius 3 is 2.81 bits per heavy atom. The zero-order valence-corrected chi connectivity index (χ0v) is 9.98. The van der Waals surface area contributed by atoms with E-state index in [4.69, 9.17) is 5.11 Å². The fourth-order valence-corrected chi connectivity index (χ4v) is 2.55. The van der Waals surface area contributed by atoms with Crippen molar-refractivity contribution in [1.29, 1.82) is 0 Å². The zero-order chi connectivity index (χ0) is 11.5. The number of nitrogens with zero attached hydrogens (tertiary/aromatic N) is 1. The maximum Gasteiger partial charge on any atom is 0.320 e. The molecule has 4 nitrogen and oxygen atoms in total. The normalized spacial score (nSPS) is 28.2. The topological polar surface area (TPSA) is 52.6 Å². The summed E-state index contributed by atoms with van der Waals surface area (Å²) in [6.07, 6.45) is 5.43. The van der Waals surface area contributed by atoms with Gasteiger partial charge in [-0.2, -0.15) is 0 Å². The van der Waals surface area contributed by atoms with Gasteiger partial charge in [-0.15, -0.1) is 0 Å². The Labute approximate surface area is 97.0 Å². The lowest BCUT2D eigenvalue weighted by Gasteiger charge is -2.20. The van der Waals surface area contributed by atoms with Gasteiger partial charge in [-0.05, 0) is 25.7 Å². The number of likely N-dealkylation sites (tertiary alicyclic amines) is 1. The van der Waals surface area contributed by atoms with Gasteiger partial charge in [-0.3, -0.25) is 9.69 Å². The molecule has 0 aromatic heterocycles. The number of aliphatic carboxylic acids is 1. The summed E-state index contributed by atoms with van der Waals surface area (Å²) in [7, 11) is 0. The van der Waals surface area contributed by atoms with E-state index in [1.165, 1.54) is 12.8 Å². The van der Waals surface area contributed by atoms with Crippen LogP contribution in [0.15, 0.2) is 0 Å². The van der Waals surface area contributed by atoms with Gasteiger partial charge in [0.2, 0.25) is 0 Å². The van der Waals surface area contributed by atoms with Crippen LogP contribution in [0.1, 0.15) is 39.0 Å². The van der Waals surface area contributed by atoms with Crippen molar-refractivity contribution in [2.75, 3.05) is 13.1 Å². The summed E-state index contributed by atoms with van der Waals surface area (Å²) in [5.74, 6) is -0.702. The maximum absolute atomic E-state index is 11.0. The Morgan fingerprint density at radius 1 is 1.50 bits per heavy atom. The molecule has 2 atom stereocenters. The highest BCUT2D eigenvalue weighted by Crippen LogP contribution is 2.29. The third-order valence-electron chi connectivity index (χ3n) is 3.60. The van der Waals surface area contributed by atoms with Gasteiger partial charge < -0.3 is 10.4 Å². The first-order valence-corrected chi connectivity index (χ1v) is 6.43. The third-order valence-corrected chi connectivity index (χ3v) is 3.60. The fraction of sp³-hybridized carbons (Fsp3) is 0.917. The smallest absolute Gasteiger partial charge is 0.320 e. The second kappa shape index (κ2) is 5.15. The molecule has 1 heterocycles. The predicted molar refractivity (Wildman–Crippen MR) is 62.5 cm³/mol. The molecule has 2 aliphatic rings. The molecular formula is C12H22N2O2. The first-order chi connectivity index (χ1) is 7.70. The minimum atomic E-state index is -0.702. The summed E-state index contributed by atoms with van der Waals surface area (Å²) in [5.41, 5.74) is 0. The Morgan fingerprint density at radius 2 is 2.25 bits per heavy atom. The minimum absolute atomic E-state index is 0.353. The van der Waals surface area contributed by atoms with Gasteiger partial charge in [0.05, 0.1) is 0 Å². The average molecular weight is 226 g/mol. The number of carboxylic acids is 1. The minimum Gasteiger partial charge on any atom is -0.480 e. The van der Waals surface area contributed by atoms with Gasteiger partial charge in [-0.1, -0.05) is 13.3 Å². The molecule has 1 saturated carbocycles. The summed E-state index contributed by atoms with van der Waals surface area (Å²) in [5, 5.41) is 12.4. The van der Waals surface area contributed by atoms with Gasteiger partial charge in [0.1, 0.15) is 6.04 Å². The van der Waals surface area contributed by atoms with Crippen molar-refractivity contribution < 1.29 is 9.90 Å². The molecule has 0 bridgehead atoms. The molecule has 0 aromatic rings. The van der Waals surface area contributed by atoms with E-state index in [1.807, 2.05) is 6.92 Å². The molecular weight excluding hydrogens is 204 g/mol. The Kier molecular flexibility index (Phi) is 3.82. The first kappa shape index (κ1) is 11.9. The molecule has 4 heteroatoms. The summed E-state index contributed by atoms with van der Waals surface area (Å²) >= 11 is 0. The fourth-order valence-electron chi connectivity index (χ4n) is 2.55. The van der Waals surface area contributed by atoms with Crippen LogP contribution in [-0.4, -0.2) is 47.2 Å². The molecule has 0 amide bonds. The standard InChI is InChI=1S/C12H22N2O2/c1-2-3-11(12(15)16)13-9-6-7-14(8-9)10-4-5-10/h9-11,13H,2-8H2,1H3,(H,15,16). The summed E-state index contributed by atoms with van der Waals surface area (Å²) in [4.78, 5) is 13.5. The highest BCUT2D eigenvalue weighted by Gasteiger charge is 2.35. The van der Waals surface area contributed by atoms with E-state index in [9.17, 15) is 4.79 Å². The van der Waals surface area contributed by atoms with Crippen molar-refractivity contribution in [3.8, 4) is 0 Å². The largest absolute Gasteiger partial charge is 0.480 e. The van der Waals surface area contributed by atoms with E-state index in [0.717, 1.165) is 38.4 Å². The van der Waals surface area contributed by atoms with Gasteiger partial charge in [0.25, 0.3) is 0 Å². The molecule has 0 spiro atoms. The van der Waals surface area contributed by atoms with Crippen LogP contribution in [0.3, 0.4) is 0 Å². The number of carboxylic acid groups (broad SMARTS) is 1. The van der Waals surface area contributed by atoms with Gasteiger partial charge in [-0.25, -0.2) is 0 Å². The first-order valence-electron chi connectivity index (χ1n) is 6.43. The number of hydrogen-bond acceptors (Lipinski definition) is 3. The number of carbonyl (C=O) groups is 1. The molecule has 2 fully saturated rings. The lowest BCUT2D eigenvalue weighted by molar-refractivity contribution is -0.139. The summed E-state index contributed by atoms with van der Waals surface area (Å²) in [6, 6.07) is 0.837. The van der Waals surface area contributed by atoms with E-state index >= 15 is 0 Å². The molecule has 2 N–H and O–H groups in total. The maximum atomic E-state index is 11.0. The molecule has 1 aliphatic heterocycles. The van der Waals surface area contributed by atoms with Crippen LogP contribution in [0.25, 0.3) is 0 Å². The second-order valence-electron chi connectivity index (χ2n) is 5.06. The van der Waals surface area contributed by atoms with Crippen LogP contribution < -0.4 is 5.32 Å². The van der Waals surface area contributed by atoms with Crippen LogP contribution in [0.5, 0.6) is 0 Å². The number of rotatable bonds is 6. The van der Waals surface area contributed by atoms with Gasteiger partial charge in [0.15, 0.2) is 0 Å². The highest BCUT2D eigenvalue weighted by atomic mass is 16.4. The number of nitrogens with one attached hydrogen (secondary N) is 1. The molecule has 0 radical (unpaired) electrons. The second-order valence-corrected chi connectivity index (χ2v) is 5.06. The lowest BCUT2D eigenvalue weighted by atomic mass is 10.1. The van der Waals surface area contributed by atoms with Crippen LogP contribution >= 0.6 is 0 Å². The van der Waals surface area contributed by atoms with Crippen molar-refractivity contribution in [3.05, 3.63) is 0 Å². The summed E-state index contributed by atoms with van der Waals surface area (Å²) < 4.78 is 0. The molecule has 1 aliphatic carbocycles. The van der Waals surface area contributed by atoms with E-state index in [-0.39, 0.29) is 6.04 Å². The Hall–Kier alpha value is -0.610. The molecule has 16 heavy (non-hydrogen) atoms. The summed E-state index contributed by atoms with van der Waals surface area (Å²) in [6.45, 7) is 4.21. The van der Waals surface area contributed by atoms with Crippen molar-refractivity contribution in [2.45, 2.75) is 57.2 Å². The highest BCUT2D eigenvalue weighted by molar-refractivity contribution is 5.73. The Bertz CT molecular complexity index is 253.